The van der Waals surface area contributed by atoms with Crippen LogP contribution in [0, 0.1) is 0 Å². The van der Waals surface area contributed by atoms with Gasteiger partial charge in [0, 0.05) is 30.2 Å². The molecule has 3 rings (SSSR count). The Labute approximate surface area is 169 Å². The van der Waals surface area contributed by atoms with Crippen LogP contribution in [-0.2, 0) is 6.54 Å². The first-order chi connectivity index (χ1) is 13.9. The number of aromatic nitrogens is 1. The molecular weight excluding hydrogens is 370 g/mol. The van der Waals surface area contributed by atoms with Gasteiger partial charge in [-0.2, -0.15) is 0 Å². The molecule has 7 nitrogen and oxygen atoms in total. The Morgan fingerprint density at radius 1 is 1.17 bits per heavy atom. The van der Waals surface area contributed by atoms with E-state index < -0.39 is 5.97 Å². The lowest BCUT2D eigenvalue weighted by atomic mass is 10.1. The third-order valence-electron chi connectivity index (χ3n) is 4.60. The van der Waals surface area contributed by atoms with Crippen molar-refractivity contribution < 1.29 is 19.4 Å². The van der Waals surface area contributed by atoms with Gasteiger partial charge < -0.3 is 24.6 Å². The Bertz CT molecular complexity index is 1040. The van der Waals surface area contributed by atoms with Gasteiger partial charge in [0.25, 0.3) is 5.91 Å². The zero-order valence-electron chi connectivity index (χ0n) is 16.8. The minimum Gasteiger partial charge on any atom is -0.492 e. The number of rotatable bonds is 8. The first-order valence-electron chi connectivity index (χ1n) is 9.44. The predicted octanol–water partition coefficient (Wildman–Crippen LogP) is 3.55. The number of nitrogens with one attached hydrogen (secondary N) is 1. The average Bonchev–Trinajstić information content (AvgIpc) is 3.06. The van der Waals surface area contributed by atoms with Crippen LogP contribution in [-0.4, -0.2) is 53.7 Å². The fraction of sp³-hybridized carbons (Fsp3) is 0.273. The number of ether oxygens (including phenoxy) is 1. The molecule has 0 bridgehead atoms. The topological polar surface area (TPSA) is 83.8 Å². The second kappa shape index (κ2) is 8.79. The summed E-state index contributed by atoms with van der Waals surface area (Å²) in [5.41, 5.74) is 2.09. The van der Waals surface area contributed by atoms with Crippen LogP contribution in [0.1, 0.15) is 27.6 Å². The zero-order valence-corrected chi connectivity index (χ0v) is 16.8. The van der Waals surface area contributed by atoms with Crippen LogP contribution in [0.4, 0.5) is 5.69 Å². The lowest BCUT2D eigenvalue weighted by Gasteiger charge is -2.12. The van der Waals surface area contributed by atoms with Crippen LogP contribution in [0.3, 0.4) is 0 Å². The van der Waals surface area contributed by atoms with Gasteiger partial charge in [0.1, 0.15) is 5.75 Å². The molecule has 0 saturated carbocycles. The van der Waals surface area contributed by atoms with Crippen LogP contribution in [0.2, 0.25) is 0 Å². The summed E-state index contributed by atoms with van der Waals surface area (Å²) in [7, 11) is 4.02. The summed E-state index contributed by atoms with van der Waals surface area (Å²) in [6.07, 6.45) is 1.86. The summed E-state index contributed by atoms with van der Waals surface area (Å²) in [4.78, 5) is 26.4. The molecule has 0 aliphatic carbocycles. The van der Waals surface area contributed by atoms with E-state index in [0.29, 0.717) is 23.6 Å². The number of carboxylic acid groups (broad SMARTS) is 1. The highest BCUT2D eigenvalue weighted by Gasteiger charge is 2.17. The van der Waals surface area contributed by atoms with Crippen LogP contribution >= 0.6 is 0 Å². The summed E-state index contributed by atoms with van der Waals surface area (Å²) in [5.74, 6) is -0.987. The van der Waals surface area contributed by atoms with Crippen molar-refractivity contribution in [3.05, 3.63) is 59.8 Å². The van der Waals surface area contributed by atoms with Crippen molar-refractivity contribution in [1.29, 1.82) is 0 Å². The fourth-order valence-corrected chi connectivity index (χ4v) is 3.14. The van der Waals surface area contributed by atoms with Gasteiger partial charge >= 0.3 is 5.97 Å². The Hall–Kier alpha value is -3.32. The first kappa shape index (κ1) is 20.4. The molecule has 0 atom stereocenters. The minimum absolute atomic E-state index is 0.103. The second-order valence-electron chi connectivity index (χ2n) is 6.96. The first-order valence-corrected chi connectivity index (χ1v) is 9.44. The lowest BCUT2D eigenvalue weighted by Crippen LogP contribution is -2.18. The molecular formula is C22H25N3O4. The summed E-state index contributed by atoms with van der Waals surface area (Å²) < 4.78 is 7.60. The maximum absolute atomic E-state index is 13.0. The number of aromatic carboxylic acids is 1. The van der Waals surface area contributed by atoms with Gasteiger partial charge in [-0.1, -0.05) is 18.2 Å². The highest BCUT2D eigenvalue weighted by Crippen LogP contribution is 2.28. The molecule has 7 heteroatoms. The number of para-hydroxylation sites is 1. The Balaban J connectivity index is 1.93. The number of amides is 1. The molecule has 1 amide bonds. The largest absolute Gasteiger partial charge is 0.492 e. The highest BCUT2D eigenvalue weighted by molar-refractivity contribution is 6.13. The van der Waals surface area contributed by atoms with Crippen molar-refractivity contribution >= 4 is 28.5 Å². The lowest BCUT2D eigenvalue weighted by molar-refractivity contribution is 0.0696. The predicted molar refractivity (Wildman–Crippen MR) is 113 cm³/mol. The van der Waals surface area contributed by atoms with Crippen LogP contribution in [0.15, 0.2) is 48.7 Å². The molecule has 0 fully saturated rings. The van der Waals surface area contributed by atoms with Crippen molar-refractivity contribution in [1.82, 2.24) is 9.47 Å². The van der Waals surface area contributed by atoms with E-state index in [1.165, 1.54) is 12.1 Å². The van der Waals surface area contributed by atoms with E-state index in [1.54, 1.807) is 13.0 Å². The molecule has 0 unspecified atom stereocenters. The maximum Gasteiger partial charge on any atom is 0.335 e. The quantitative estimate of drug-likeness (QED) is 0.609. The highest BCUT2D eigenvalue weighted by atomic mass is 16.5. The maximum atomic E-state index is 13.0. The standard InChI is InChI=1S/C22H25N3O4/c1-4-29-20-13-15(22(27)28)9-10-18(20)23-21(26)17-14-25(12-11-24(2)3)19-8-6-5-7-16(17)19/h5-10,13-14H,4,11-12H2,1-3H3,(H,23,26)(H,27,28). The third-order valence-corrected chi connectivity index (χ3v) is 4.60. The molecule has 0 aliphatic rings. The van der Waals surface area contributed by atoms with Gasteiger partial charge in [0.15, 0.2) is 0 Å². The van der Waals surface area contributed by atoms with Crippen molar-refractivity contribution in [2.24, 2.45) is 0 Å². The van der Waals surface area contributed by atoms with Gasteiger partial charge in [0.05, 0.1) is 23.4 Å². The molecule has 2 N–H and O–H groups in total. The molecule has 0 radical (unpaired) electrons. The van der Waals surface area contributed by atoms with Crippen molar-refractivity contribution in [3.8, 4) is 5.75 Å². The second-order valence-corrected chi connectivity index (χ2v) is 6.96. The Kier molecular flexibility index (Phi) is 6.19. The van der Waals surface area contributed by atoms with E-state index in [1.807, 2.05) is 44.6 Å². The van der Waals surface area contributed by atoms with Crippen LogP contribution in [0.5, 0.6) is 5.75 Å². The van der Waals surface area contributed by atoms with Crippen LogP contribution in [0.25, 0.3) is 10.9 Å². The number of carboxylic acids is 1. The number of carbonyl (C=O) groups excluding carboxylic acids is 1. The van der Waals surface area contributed by atoms with Crippen LogP contribution < -0.4 is 10.1 Å². The van der Waals surface area contributed by atoms with Gasteiger partial charge in [-0.25, -0.2) is 4.79 Å². The summed E-state index contributed by atoms with van der Waals surface area (Å²) in [6.45, 7) is 3.77. The van der Waals surface area contributed by atoms with E-state index in [9.17, 15) is 14.7 Å². The molecule has 3 aromatic rings. The number of anilines is 1. The van der Waals surface area contributed by atoms with E-state index in [-0.39, 0.29) is 11.5 Å². The van der Waals surface area contributed by atoms with E-state index in [2.05, 4.69) is 14.8 Å². The van der Waals surface area contributed by atoms with E-state index in [0.717, 1.165) is 24.0 Å². The third kappa shape index (κ3) is 4.57. The van der Waals surface area contributed by atoms with E-state index >= 15 is 0 Å². The Morgan fingerprint density at radius 3 is 2.62 bits per heavy atom. The zero-order chi connectivity index (χ0) is 21.0. The van der Waals surface area contributed by atoms with Gasteiger partial charge in [0.2, 0.25) is 0 Å². The van der Waals surface area contributed by atoms with Crippen molar-refractivity contribution in [3.63, 3.8) is 0 Å². The van der Waals surface area contributed by atoms with Crippen molar-refractivity contribution in [2.75, 3.05) is 32.6 Å². The Morgan fingerprint density at radius 2 is 1.93 bits per heavy atom. The average molecular weight is 395 g/mol. The smallest absolute Gasteiger partial charge is 0.335 e. The number of carbonyl (C=O) groups is 2. The summed E-state index contributed by atoms with van der Waals surface area (Å²) in [6, 6.07) is 12.2. The molecule has 1 aromatic heterocycles. The molecule has 0 aliphatic heterocycles. The van der Waals surface area contributed by atoms with Gasteiger partial charge in [-0.3, -0.25) is 4.79 Å². The van der Waals surface area contributed by atoms with E-state index in [4.69, 9.17) is 4.74 Å². The number of likely N-dealkylation sites (N-methyl/N-ethyl adjacent to an activating group) is 1. The molecule has 0 spiro atoms. The molecule has 152 valence electrons. The van der Waals surface area contributed by atoms with Gasteiger partial charge in [-0.05, 0) is 45.3 Å². The number of nitrogens with zero attached hydrogens (tertiary/aromatic N) is 2. The SMILES string of the molecule is CCOc1cc(C(=O)O)ccc1NC(=O)c1cn(CCN(C)C)c2ccccc12. The number of hydrogen-bond acceptors (Lipinski definition) is 4. The van der Waals surface area contributed by atoms with Gasteiger partial charge in [-0.15, -0.1) is 0 Å². The minimum atomic E-state index is -1.05. The molecule has 29 heavy (non-hydrogen) atoms. The summed E-state index contributed by atoms with van der Waals surface area (Å²) in [5, 5.41) is 12.9. The fourth-order valence-electron chi connectivity index (χ4n) is 3.14. The number of benzene rings is 2. The number of hydrogen-bond donors (Lipinski definition) is 2. The normalized spacial score (nSPS) is 11.0. The molecule has 2 aromatic carbocycles. The summed E-state index contributed by atoms with van der Waals surface area (Å²) >= 11 is 0. The monoisotopic (exact) mass is 395 g/mol. The molecule has 1 heterocycles. The van der Waals surface area contributed by atoms with Crippen molar-refractivity contribution in [2.45, 2.75) is 13.5 Å². The molecule has 0 saturated heterocycles. The number of fused-ring (bicyclic) bond motifs is 1.